The van der Waals surface area contributed by atoms with E-state index in [-0.39, 0.29) is 0 Å². The van der Waals surface area contributed by atoms with Crippen molar-refractivity contribution >= 4 is 16.7 Å². The molecule has 0 aliphatic carbocycles. The minimum absolute atomic E-state index is 0.686. The van der Waals surface area contributed by atoms with Crippen molar-refractivity contribution in [3.05, 3.63) is 24.3 Å². The van der Waals surface area contributed by atoms with Gasteiger partial charge in [-0.05, 0) is 70.0 Å². The van der Waals surface area contributed by atoms with Gasteiger partial charge in [-0.3, -0.25) is 0 Å². The highest BCUT2D eigenvalue weighted by atomic mass is 32.1. The van der Waals surface area contributed by atoms with Crippen molar-refractivity contribution in [3.8, 4) is 17.1 Å². The van der Waals surface area contributed by atoms with Gasteiger partial charge >= 0.3 is 0 Å². The third kappa shape index (κ3) is 4.01. The van der Waals surface area contributed by atoms with Crippen LogP contribution in [0.2, 0.25) is 0 Å². The van der Waals surface area contributed by atoms with Gasteiger partial charge in [-0.15, -0.1) is 0 Å². The Morgan fingerprint density at radius 3 is 2.46 bits per heavy atom. The van der Waals surface area contributed by atoms with Crippen molar-refractivity contribution in [2.24, 2.45) is 0 Å². The normalized spacial score (nSPS) is 19.7. The minimum Gasteiger partial charge on any atom is -0.494 e. The van der Waals surface area contributed by atoms with Gasteiger partial charge in [0.15, 0.2) is 5.82 Å². The summed E-state index contributed by atoms with van der Waals surface area (Å²) in [6, 6.07) is 8.83. The molecule has 0 N–H and O–H groups in total. The monoisotopic (exact) mass is 372 g/mol. The number of likely N-dealkylation sites (tertiary alicyclic amines) is 1. The molecule has 2 aliphatic heterocycles. The molecule has 140 valence electrons. The van der Waals surface area contributed by atoms with E-state index in [4.69, 9.17) is 9.72 Å². The SMILES string of the molecule is CCOc1ccc(-c2nsc(N3CCC(N4CCCCC4)CC3)n2)cc1. The quantitative estimate of drug-likeness (QED) is 0.792. The molecular formula is C20H28N4OS. The number of anilines is 1. The molecule has 2 aromatic rings. The molecule has 0 amide bonds. The predicted molar refractivity (Wildman–Crippen MR) is 107 cm³/mol. The Kier molecular flexibility index (Phi) is 5.70. The minimum atomic E-state index is 0.686. The number of rotatable bonds is 5. The second-order valence-electron chi connectivity index (χ2n) is 7.17. The predicted octanol–water partition coefficient (Wildman–Crippen LogP) is 4.06. The first kappa shape index (κ1) is 17.7. The topological polar surface area (TPSA) is 41.5 Å². The van der Waals surface area contributed by atoms with Gasteiger partial charge in [0, 0.05) is 36.2 Å². The summed E-state index contributed by atoms with van der Waals surface area (Å²) in [5, 5.41) is 1.06. The van der Waals surface area contributed by atoms with Crippen molar-refractivity contribution < 1.29 is 4.74 Å². The molecule has 1 aromatic heterocycles. The molecule has 0 saturated carbocycles. The van der Waals surface area contributed by atoms with E-state index >= 15 is 0 Å². The van der Waals surface area contributed by atoms with Crippen molar-refractivity contribution in [2.45, 2.75) is 45.1 Å². The Bertz CT molecular complexity index is 688. The Morgan fingerprint density at radius 1 is 1.04 bits per heavy atom. The summed E-state index contributed by atoms with van der Waals surface area (Å²) in [6.45, 7) is 7.47. The highest BCUT2D eigenvalue weighted by Gasteiger charge is 2.27. The third-order valence-corrected chi connectivity index (χ3v) is 6.26. The van der Waals surface area contributed by atoms with Crippen LogP contribution in [0.1, 0.15) is 39.0 Å². The maximum atomic E-state index is 5.51. The first-order valence-corrected chi connectivity index (χ1v) is 10.7. The molecule has 1 aromatic carbocycles. The molecule has 0 unspecified atom stereocenters. The largest absolute Gasteiger partial charge is 0.494 e. The first-order valence-electron chi connectivity index (χ1n) is 9.89. The van der Waals surface area contributed by atoms with E-state index < -0.39 is 0 Å². The van der Waals surface area contributed by atoms with Gasteiger partial charge in [0.25, 0.3) is 0 Å². The van der Waals surface area contributed by atoms with E-state index in [1.54, 1.807) is 0 Å². The van der Waals surface area contributed by atoms with Crippen LogP contribution >= 0.6 is 11.5 Å². The standard InChI is InChI=1S/C20H28N4OS/c1-2-25-18-8-6-16(7-9-18)19-21-20(26-22-19)24-14-10-17(11-15-24)23-12-4-3-5-13-23/h6-9,17H,2-5,10-15H2,1H3. The van der Waals surface area contributed by atoms with E-state index in [1.807, 2.05) is 31.2 Å². The lowest BCUT2D eigenvalue weighted by Crippen LogP contribution is -2.46. The number of nitrogens with zero attached hydrogens (tertiary/aromatic N) is 4. The van der Waals surface area contributed by atoms with Gasteiger partial charge < -0.3 is 14.5 Å². The van der Waals surface area contributed by atoms with E-state index in [0.29, 0.717) is 6.61 Å². The van der Waals surface area contributed by atoms with E-state index in [2.05, 4.69) is 14.2 Å². The number of ether oxygens (including phenoxy) is 1. The van der Waals surface area contributed by atoms with Gasteiger partial charge in [-0.25, -0.2) is 0 Å². The fraction of sp³-hybridized carbons (Fsp3) is 0.600. The Balaban J connectivity index is 1.36. The van der Waals surface area contributed by atoms with Crippen LogP contribution in [0.4, 0.5) is 5.13 Å². The van der Waals surface area contributed by atoms with Crippen LogP contribution in [0.5, 0.6) is 5.75 Å². The Hall–Kier alpha value is -1.66. The highest BCUT2D eigenvalue weighted by molar-refractivity contribution is 7.09. The highest BCUT2D eigenvalue weighted by Crippen LogP contribution is 2.29. The van der Waals surface area contributed by atoms with Crippen molar-refractivity contribution in [1.29, 1.82) is 0 Å². The second-order valence-corrected chi connectivity index (χ2v) is 7.90. The molecule has 0 atom stereocenters. The lowest BCUT2D eigenvalue weighted by molar-refractivity contribution is 0.141. The van der Waals surface area contributed by atoms with E-state index in [9.17, 15) is 0 Å². The summed E-state index contributed by atoms with van der Waals surface area (Å²) in [6.07, 6.45) is 6.66. The third-order valence-electron chi connectivity index (χ3n) is 5.48. The number of hydrogen-bond acceptors (Lipinski definition) is 6. The van der Waals surface area contributed by atoms with Crippen LogP contribution in [0.15, 0.2) is 24.3 Å². The fourth-order valence-corrected chi connectivity index (χ4v) is 4.77. The van der Waals surface area contributed by atoms with Gasteiger partial charge in [0.05, 0.1) is 6.61 Å². The molecule has 6 heteroatoms. The summed E-state index contributed by atoms with van der Waals surface area (Å²) >= 11 is 1.52. The summed E-state index contributed by atoms with van der Waals surface area (Å²) in [5.41, 5.74) is 1.05. The van der Waals surface area contributed by atoms with Crippen LogP contribution in [0, 0.1) is 0 Å². The Morgan fingerprint density at radius 2 is 1.77 bits per heavy atom. The molecule has 26 heavy (non-hydrogen) atoms. The molecule has 4 rings (SSSR count). The average Bonchev–Trinajstić information content (AvgIpc) is 3.20. The smallest absolute Gasteiger partial charge is 0.205 e. The average molecular weight is 373 g/mol. The van der Waals surface area contributed by atoms with E-state index in [1.165, 1.54) is 56.7 Å². The zero-order chi connectivity index (χ0) is 17.8. The summed E-state index contributed by atoms with van der Waals surface area (Å²) in [5.74, 6) is 1.72. The zero-order valence-electron chi connectivity index (χ0n) is 15.6. The summed E-state index contributed by atoms with van der Waals surface area (Å²) in [4.78, 5) is 9.92. The number of aromatic nitrogens is 2. The van der Waals surface area contributed by atoms with Gasteiger partial charge in [-0.2, -0.15) is 9.36 Å². The molecule has 5 nitrogen and oxygen atoms in total. The molecule has 2 saturated heterocycles. The second kappa shape index (κ2) is 8.35. The lowest BCUT2D eigenvalue weighted by atomic mass is 10.0. The lowest BCUT2D eigenvalue weighted by Gasteiger charge is -2.40. The maximum absolute atomic E-state index is 5.51. The van der Waals surface area contributed by atoms with Crippen LogP contribution < -0.4 is 9.64 Å². The summed E-state index contributed by atoms with van der Waals surface area (Å²) < 4.78 is 10.1. The van der Waals surface area contributed by atoms with Gasteiger partial charge in [-0.1, -0.05) is 6.42 Å². The zero-order valence-corrected chi connectivity index (χ0v) is 16.4. The number of hydrogen-bond donors (Lipinski definition) is 0. The molecule has 0 spiro atoms. The maximum Gasteiger partial charge on any atom is 0.205 e. The van der Waals surface area contributed by atoms with Crippen LogP contribution in [0.25, 0.3) is 11.4 Å². The van der Waals surface area contributed by atoms with Crippen LogP contribution in [-0.2, 0) is 0 Å². The Labute approximate surface area is 160 Å². The molecule has 0 radical (unpaired) electrons. The van der Waals surface area contributed by atoms with Gasteiger partial charge in [0.2, 0.25) is 5.13 Å². The summed E-state index contributed by atoms with van der Waals surface area (Å²) in [7, 11) is 0. The van der Waals surface area contributed by atoms with Crippen molar-refractivity contribution in [3.63, 3.8) is 0 Å². The molecule has 2 aliphatic rings. The first-order chi connectivity index (χ1) is 12.8. The number of benzene rings is 1. The van der Waals surface area contributed by atoms with Crippen molar-refractivity contribution in [2.75, 3.05) is 37.7 Å². The van der Waals surface area contributed by atoms with Crippen molar-refractivity contribution in [1.82, 2.24) is 14.3 Å². The van der Waals surface area contributed by atoms with Crippen LogP contribution in [-0.4, -0.2) is 53.1 Å². The van der Waals surface area contributed by atoms with Gasteiger partial charge in [0.1, 0.15) is 5.75 Å². The number of piperidine rings is 2. The molecule has 2 fully saturated rings. The van der Waals surface area contributed by atoms with Crippen LogP contribution in [0.3, 0.4) is 0 Å². The molecule has 0 bridgehead atoms. The van der Waals surface area contributed by atoms with E-state index in [0.717, 1.165) is 41.4 Å². The molecular weight excluding hydrogens is 344 g/mol. The molecule has 3 heterocycles. The fourth-order valence-electron chi connectivity index (χ4n) is 4.03.